The minimum Gasteiger partial charge on any atom is -0.497 e. The van der Waals surface area contributed by atoms with Crippen LogP contribution in [0.25, 0.3) is 0 Å². The highest BCUT2D eigenvalue weighted by molar-refractivity contribution is 7.89. The molecule has 124 valence electrons. The van der Waals surface area contributed by atoms with E-state index in [0.29, 0.717) is 34.9 Å². The van der Waals surface area contributed by atoms with E-state index >= 15 is 0 Å². The lowest BCUT2D eigenvalue weighted by molar-refractivity contribution is 0.412. The summed E-state index contributed by atoms with van der Waals surface area (Å²) in [5, 5.41) is 0. The number of benzene rings is 2. The second-order valence-electron chi connectivity index (χ2n) is 5.51. The maximum atomic E-state index is 13.1. The average Bonchev–Trinajstić information content (AvgIpc) is 2.52. The first kappa shape index (κ1) is 17.5. The Hall–Kier alpha value is -1.85. The van der Waals surface area contributed by atoms with Crippen LogP contribution in [0, 0.1) is 13.8 Å². The van der Waals surface area contributed by atoms with Gasteiger partial charge in [-0.1, -0.05) is 37.3 Å². The highest BCUT2D eigenvalue weighted by Crippen LogP contribution is 2.28. The molecule has 0 heterocycles. The molecule has 0 aliphatic rings. The standard InChI is InChI=1S/C18H23NO3S/c1-5-19(13-16-9-7-6-8-10-16)23(20,21)18-14(2)11-17(22-4)12-15(18)3/h6-12H,5,13H2,1-4H3. The summed E-state index contributed by atoms with van der Waals surface area (Å²) >= 11 is 0. The summed E-state index contributed by atoms with van der Waals surface area (Å²) in [5.41, 5.74) is 2.38. The lowest BCUT2D eigenvalue weighted by atomic mass is 10.1. The van der Waals surface area contributed by atoms with Crippen LogP contribution in [0.3, 0.4) is 0 Å². The fraction of sp³-hybridized carbons (Fsp3) is 0.333. The van der Waals surface area contributed by atoms with Crippen LogP contribution in [0.4, 0.5) is 0 Å². The van der Waals surface area contributed by atoms with Crippen molar-refractivity contribution in [2.45, 2.75) is 32.2 Å². The molecule has 0 N–H and O–H groups in total. The van der Waals surface area contributed by atoms with Gasteiger partial charge in [0.1, 0.15) is 5.75 Å². The molecular weight excluding hydrogens is 310 g/mol. The van der Waals surface area contributed by atoms with Crippen molar-refractivity contribution in [2.24, 2.45) is 0 Å². The fourth-order valence-corrected chi connectivity index (χ4v) is 4.57. The van der Waals surface area contributed by atoms with Gasteiger partial charge in [-0.15, -0.1) is 0 Å². The van der Waals surface area contributed by atoms with Crippen molar-refractivity contribution in [3.8, 4) is 5.75 Å². The molecule has 23 heavy (non-hydrogen) atoms. The third kappa shape index (κ3) is 3.74. The molecule has 0 saturated heterocycles. The first-order valence-corrected chi connectivity index (χ1v) is 9.03. The van der Waals surface area contributed by atoms with E-state index in [1.165, 1.54) is 4.31 Å². The molecule has 0 atom stereocenters. The number of aryl methyl sites for hydroxylation is 2. The second-order valence-corrected chi connectivity index (χ2v) is 7.38. The molecular formula is C18H23NO3S. The summed E-state index contributed by atoms with van der Waals surface area (Å²) in [6, 6.07) is 13.1. The van der Waals surface area contributed by atoms with Gasteiger partial charge in [0.2, 0.25) is 10.0 Å². The molecule has 4 nitrogen and oxygen atoms in total. The molecule has 2 aromatic carbocycles. The van der Waals surface area contributed by atoms with Gasteiger partial charge in [0.05, 0.1) is 12.0 Å². The number of rotatable bonds is 6. The van der Waals surface area contributed by atoms with Crippen molar-refractivity contribution >= 4 is 10.0 Å². The molecule has 0 saturated carbocycles. The molecule has 0 amide bonds. The van der Waals surface area contributed by atoms with Crippen LogP contribution < -0.4 is 4.74 Å². The zero-order valence-corrected chi connectivity index (χ0v) is 14.9. The summed E-state index contributed by atoms with van der Waals surface area (Å²) in [5.74, 6) is 0.671. The number of methoxy groups -OCH3 is 1. The van der Waals surface area contributed by atoms with Crippen molar-refractivity contribution in [3.05, 3.63) is 59.2 Å². The summed E-state index contributed by atoms with van der Waals surface area (Å²) < 4.78 is 32.9. The highest BCUT2D eigenvalue weighted by atomic mass is 32.2. The van der Waals surface area contributed by atoms with Gasteiger partial charge in [-0.3, -0.25) is 0 Å². The molecule has 0 aliphatic heterocycles. The minimum absolute atomic E-state index is 0.366. The van der Waals surface area contributed by atoms with Crippen LogP contribution in [-0.2, 0) is 16.6 Å². The van der Waals surface area contributed by atoms with E-state index < -0.39 is 10.0 Å². The summed E-state index contributed by atoms with van der Waals surface area (Å²) in [6.07, 6.45) is 0. The first-order chi connectivity index (χ1) is 10.9. The third-order valence-corrected chi connectivity index (χ3v) is 6.05. The van der Waals surface area contributed by atoms with Crippen LogP contribution in [0.15, 0.2) is 47.4 Å². The van der Waals surface area contributed by atoms with E-state index in [1.807, 2.05) is 37.3 Å². The number of nitrogens with zero attached hydrogens (tertiary/aromatic N) is 1. The van der Waals surface area contributed by atoms with Crippen molar-refractivity contribution < 1.29 is 13.2 Å². The van der Waals surface area contributed by atoms with Crippen LogP contribution in [0.1, 0.15) is 23.6 Å². The number of sulfonamides is 1. The lowest BCUT2D eigenvalue weighted by Crippen LogP contribution is -2.31. The van der Waals surface area contributed by atoms with Crippen molar-refractivity contribution in [3.63, 3.8) is 0 Å². The lowest BCUT2D eigenvalue weighted by Gasteiger charge is -2.23. The molecule has 0 spiro atoms. The Balaban J connectivity index is 2.43. The van der Waals surface area contributed by atoms with Gasteiger partial charge in [-0.05, 0) is 42.7 Å². The molecule has 2 aromatic rings. The maximum Gasteiger partial charge on any atom is 0.243 e. The average molecular weight is 333 g/mol. The van der Waals surface area contributed by atoms with E-state index in [4.69, 9.17) is 4.74 Å². The Morgan fingerprint density at radius 3 is 2.09 bits per heavy atom. The molecule has 0 unspecified atom stereocenters. The van der Waals surface area contributed by atoms with Crippen LogP contribution in [0.2, 0.25) is 0 Å². The van der Waals surface area contributed by atoms with Crippen molar-refractivity contribution in [2.75, 3.05) is 13.7 Å². The van der Waals surface area contributed by atoms with Crippen LogP contribution in [-0.4, -0.2) is 26.4 Å². The molecule has 5 heteroatoms. The smallest absolute Gasteiger partial charge is 0.243 e. The zero-order valence-electron chi connectivity index (χ0n) is 14.0. The topological polar surface area (TPSA) is 46.6 Å². The fourth-order valence-electron chi connectivity index (χ4n) is 2.72. The Morgan fingerprint density at radius 2 is 1.61 bits per heavy atom. The molecule has 2 rings (SSSR count). The predicted octanol–water partition coefficient (Wildman–Crippen LogP) is 3.52. The SMILES string of the molecule is CCN(Cc1ccccc1)S(=O)(=O)c1c(C)cc(OC)cc1C. The normalized spacial score (nSPS) is 11.7. The first-order valence-electron chi connectivity index (χ1n) is 7.59. The Morgan fingerprint density at radius 1 is 1.04 bits per heavy atom. The van der Waals surface area contributed by atoms with Crippen LogP contribution >= 0.6 is 0 Å². The van der Waals surface area contributed by atoms with Crippen molar-refractivity contribution in [1.29, 1.82) is 0 Å². The predicted molar refractivity (Wildman–Crippen MR) is 92.2 cm³/mol. The van der Waals surface area contributed by atoms with E-state index in [2.05, 4.69) is 0 Å². The minimum atomic E-state index is -3.56. The zero-order chi connectivity index (χ0) is 17.0. The van der Waals surface area contributed by atoms with E-state index in [9.17, 15) is 8.42 Å². The van der Waals surface area contributed by atoms with Gasteiger partial charge in [-0.25, -0.2) is 8.42 Å². The molecule has 0 fully saturated rings. The Labute approximate surface area is 138 Å². The molecule has 0 radical (unpaired) electrons. The maximum absolute atomic E-state index is 13.1. The number of hydrogen-bond donors (Lipinski definition) is 0. The quantitative estimate of drug-likeness (QED) is 0.812. The molecule has 0 aliphatic carbocycles. The van der Waals surface area contributed by atoms with Gasteiger partial charge in [0.15, 0.2) is 0 Å². The van der Waals surface area contributed by atoms with E-state index in [1.54, 1.807) is 33.1 Å². The Bertz CT molecular complexity index is 747. The van der Waals surface area contributed by atoms with Gasteiger partial charge in [0.25, 0.3) is 0 Å². The third-order valence-electron chi connectivity index (χ3n) is 3.82. The van der Waals surface area contributed by atoms with Crippen molar-refractivity contribution in [1.82, 2.24) is 4.31 Å². The number of hydrogen-bond acceptors (Lipinski definition) is 3. The van der Waals surface area contributed by atoms with E-state index in [0.717, 1.165) is 5.56 Å². The van der Waals surface area contributed by atoms with Gasteiger partial charge >= 0.3 is 0 Å². The molecule has 0 aromatic heterocycles. The molecule has 0 bridgehead atoms. The second kappa shape index (κ2) is 7.15. The summed E-state index contributed by atoms with van der Waals surface area (Å²) in [7, 11) is -1.98. The largest absolute Gasteiger partial charge is 0.497 e. The summed E-state index contributed by atoms with van der Waals surface area (Å²) in [6.45, 7) is 6.25. The Kier molecular flexibility index (Phi) is 5.44. The van der Waals surface area contributed by atoms with E-state index in [-0.39, 0.29) is 0 Å². The summed E-state index contributed by atoms with van der Waals surface area (Å²) in [4.78, 5) is 0.371. The highest BCUT2D eigenvalue weighted by Gasteiger charge is 2.27. The number of ether oxygens (including phenoxy) is 1. The van der Waals surface area contributed by atoms with Gasteiger partial charge in [-0.2, -0.15) is 4.31 Å². The van der Waals surface area contributed by atoms with Crippen LogP contribution in [0.5, 0.6) is 5.75 Å². The monoisotopic (exact) mass is 333 g/mol. The van der Waals surface area contributed by atoms with Gasteiger partial charge in [0, 0.05) is 13.1 Å². The van der Waals surface area contributed by atoms with Gasteiger partial charge < -0.3 is 4.74 Å².